The summed E-state index contributed by atoms with van der Waals surface area (Å²) < 4.78 is 16.6. The third-order valence-corrected chi connectivity index (χ3v) is 7.30. The lowest BCUT2D eigenvalue weighted by atomic mass is 10.0. The standard InChI is InChI=1S/C31H33N3O7S/c1-5-7-8-9-16-41-25-15-10-21(18-26(25)39-4)17-23(19-32)29(35)33-30-28(31(36)40-6-2)27(20(3)42-30)22-11-13-24(14-12-22)34(37)38/h10-15,17-18H,5-9,16H2,1-4H3,(H,33,35)/b23-17+. The summed E-state index contributed by atoms with van der Waals surface area (Å²) in [4.78, 5) is 37.5. The summed E-state index contributed by atoms with van der Waals surface area (Å²) in [6, 6.07) is 12.8. The van der Waals surface area contributed by atoms with Crippen molar-refractivity contribution in [3.8, 4) is 28.7 Å². The van der Waals surface area contributed by atoms with Crippen LogP contribution < -0.4 is 14.8 Å². The SMILES string of the molecule is CCCCCCOc1ccc(/C=C(\C#N)C(=O)Nc2sc(C)c(-c3ccc([N+](=O)[O-])cc3)c2C(=O)OCC)cc1OC. The number of carbonyl (C=O) groups excluding carboxylic acids is 2. The fraction of sp³-hybridized carbons (Fsp3) is 0.323. The molecule has 0 spiro atoms. The average molecular weight is 592 g/mol. The molecule has 11 heteroatoms. The summed E-state index contributed by atoms with van der Waals surface area (Å²) in [5, 5.41) is 23.8. The minimum Gasteiger partial charge on any atom is -0.493 e. The van der Waals surface area contributed by atoms with Crippen LogP contribution >= 0.6 is 11.3 Å². The minimum absolute atomic E-state index is 0.0927. The first-order valence-electron chi connectivity index (χ1n) is 13.5. The van der Waals surface area contributed by atoms with Crippen LogP contribution in [0.15, 0.2) is 48.0 Å². The Bertz CT molecular complexity index is 1500. The van der Waals surface area contributed by atoms with Gasteiger partial charge >= 0.3 is 5.97 Å². The van der Waals surface area contributed by atoms with Crippen molar-refractivity contribution in [2.45, 2.75) is 46.5 Å². The quantitative estimate of drug-likeness (QED) is 0.0513. The van der Waals surface area contributed by atoms with Gasteiger partial charge in [-0.25, -0.2) is 4.79 Å². The Kier molecular flexibility index (Phi) is 11.6. The van der Waals surface area contributed by atoms with Gasteiger partial charge in [0.15, 0.2) is 11.5 Å². The highest BCUT2D eigenvalue weighted by molar-refractivity contribution is 7.17. The molecule has 0 fully saturated rings. The van der Waals surface area contributed by atoms with Crippen molar-refractivity contribution in [2.75, 3.05) is 25.6 Å². The molecule has 0 aliphatic rings. The molecule has 0 aliphatic carbocycles. The number of amides is 1. The molecule has 1 heterocycles. The van der Waals surface area contributed by atoms with Crippen molar-refractivity contribution in [3.63, 3.8) is 0 Å². The van der Waals surface area contributed by atoms with Gasteiger partial charge in [-0.15, -0.1) is 11.3 Å². The van der Waals surface area contributed by atoms with Gasteiger partial charge in [0.1, 0.15) is 22.2 Å². The van der Waals surface area contributed by atoms with Crippen LogP contribution in [-0.4, -0.2) is 37.1 Å². The van der Waals surface area contributed by atoms with Gasteiger partial charge in [-0.3, -0.25) is 14.9 Å². The normalized spacial score (nSPS) is 11.0. The van der Waals surface area contributed by atoms with Gasteiger partial charge < -0.3 is 19.5 Å². The molecule has 1 amide bonds. The van der Waals surface area contributed by atoms with E-state index in [1.165, 1.54) is 37.5 Å². The Morgan fingerprint density at radius 2 is 1.83 bits per heavy atom. The van der Waals surface area contributed by atoms with E-state index >= 15 is 0 Å². The smallest absolute Gasteiger partial charge is 0.341 e. The second-order valence-corrected chi connectivity index (χ2v) is 10.4. The van der Waals surface area contributed by atoms with E-state index in [2.05, 4.69) is 12.2 Å². The third kappa shape index (κ3) is 7.95. The number of unbranched alkanes of at least 4 members (excludes halogenated alkanes) is 3. The van der Waals surface area contributed by atoms with Crippen molar-refractivity contribution >= 4 is 40.0 Å². The fourth-order valence-electron chi connectivity index (χ4n) is 4.22. The lowest BCUT2D eigenvalue weighted by molar-refractivity contribution is -0.384. The highest BCUT2D eigenvalue weighted by Gasteiger charge is 2.26. The van der Waals surface area contributed by atoms with Gasteiger partial charge in [-0.05, 0) is 61.7 Å². The van der Waals surface area contributed by atoms with Crippen molar-refractivity contribution < 1.29 is 28.7 Å². The Morgan fingerprint density at radius 1 is 1.10 bits per heavy atom. The van der Waals surface area contributed by atoms with E-state index in [-0.39, 0.29) is 28.4 Å². The van der Waals surface area contributed by atoms with Crippen molar-refractivity contribution in [2.24, 2.45) is 0 Å². The number of non-ortho nitro benzene ring substituents is 1. The molecule has 0 bridgehead atoms. The molecule has 0 radical (unpaired) electrons. The number of aryl methyl sites for hydroxylation is 1. The van der Waals surface area contributed by atoms with Crippen LogP contribution in [0.2, 0.25) is 0 Å². The molecule has 3 aromatic rings. The second kappa shape index (κ2) is 15.3. The fourth-order valence-corrected chi connectivity index (χ4v) is 5.28. The van der Waals surface area contributed by atoms with E-state index in [0.717, 1.165) is 37.0 Å². The Hall–Kier alpha value is -4.69. The molecule has 0 atom stereocenters. The molecule has 42 heavy (non-hydrogen) atoms. The number of anilines is 1. The maximum Gasteiger partial charge on any atom is 0.341 e. The molecule has 0 unspecified atom stereocenters. The van der Waals surface area contributed by atoms with Gasteiger partial charge in [-0.2, -0.15) is 5.26 Å². The minimum atomic E-state index is -0.713. The lowest BCUT2D eigenvalue weighted by Crippen LogP contribution is -2.16. The van der Waals surface area contributed by atoms with E-state index in [1.54, 1.807) is 32.0 Å². The molecule has 0 saturated carbocycles. The first-order chi connectivity index (χ1) is 20.2. The average Bonchev–Trinajstić information content (AvgIpc) is 3.31. The number of nitro benzene ring substituents is 1. The van der Waals surface area contributed by atoms with Crippen LogP contribution in [0.1, 0.15) is 60.3 Å². The van der Waals surface area contributed by atoms with Crippen LogP contribution in [0, 0.1) is 28.4 Å². The summed E-state index contributed by atoms with van der Waals surface area (Å²) in [7, 11) is 1.52. The van der Waals surface area contributed by atoms with Gasteiger partial charge in [0, 0.05) is 22.6 Å². The van der Waals surface area contributed by atoms with Crippen molar-refractivity contribution in [1.29, 1.82) is 5.26 Å². The Labute approximate surface area is 248 Å². The molecular weight excluding hydrogens is 558 g/mol. The highest BCUT2D eigenvalue weighted by atomic mass is 32.1. The van der Waals surface area contributed by atoms with Gasteiger partial charge in [-0.1, -0.05) is 32.3 Å². The molecule has 0 saturated heterocycles. The number of hydrogen-bond acceptors (Lipinski definition) is 9. The number of ether oxygens (including phenoxy) is 3. The predicted octanol–water partition coefficient (Wildman–Crippen LogP) is 7.32. The molecule has 0 aliphatic heterocycles. The van der Waals surface area contributed by atoms with E-state index < -0.39 is 16.8 Å². The molecule has 3 rings (SSSR count). The first kappa shape index (κ1) is 31.8. The van der Waals surface area contributed by atoms with Crippen LogP contribution in [0.4, 0.5) is 10.7 Å². The number of nitriles is 1. The Balaban J connectivity index is 1.89. The number of methoxy groups -OCH3 is 1. The van der Waals surface area contributed by atoms with Crippen LogP contribution in [-0.2, 0) is 9.53 Å². The van der Waals surface area contributed by atoms with Gasteiger partial charge in [0.25, 0.3) is 11.6 Å². The largest absolute Gasteiger partial charge is 0.493 e. The maximum atomic E-state index is 13.2. The van der Waals surface area contributed by atoms with Crippen LogP contribution in [0.3, 0.4) is 0 Å². The summed E-state index contributed by atoms with van der Waals surface area (Å²) in [5.74, 6) is -0.332. The summed E-state index contributed by atoms with van der Waals surface area (Å²) in [6.45, 7) is 6.23. The second-order valence-electron chi connectivity index (χ2n) is 9.21. The number of nitrogens with one attached hydrogen (secondary N) is 1. The number of nitrogens with zero attached hydrogens (tertiary/aromatic N) is 2. The maximum absolute atomic E-state index is 13.2. The van der Waals surface area contributed by atoms with Crippen LogP contribution in [0.25, 0.3) is 17.2 Å². The monoisotopic (exact) mass is 591 g/mol. The van der Waals surface area contributed by atoms with E-state index in [4.69, 9.17) is 14.2 Å². The van der Waals surface area contributed by atoms with Crippen LogP contribution in [0.5, 0.6) is 11.5 Å². The third-order valence-electron chi connectivity index (χ3n) is 6.28. The van der Waals surface area contributed by atoms with E-state index in [0.29, 0.717) is 39.7 Å². The zero-order chi connectivity index (χ0) is 30.6. The number of hydrogen-bond donors (Lipinski definition) is 1. The zero-order valence-corrected chi connectivity index (χ0v) is 24.8. The summed E-state index contributed by atoms with van der Waals surface area (Å²) >= 11 is 1.14. The molecular formula is C31H33N3O7S. The van der Waals surface area contributed by atoms with Gasteiger partial charge in [0.05, 0.1) is 25.2 Å². The number of benzene rings is 2. The number of esters is 1. The lowest BCUT2D eigenvalue weighted by Gasteiger charge is -2.11. The Morgan fingerprint density at radius 3 is 2.45 bits per heavy atom. The molecule has 2 aromatic carbocycles. The van der Waals surface area contributed by atoms with E-state index in [9.17, 15) is 25.0 Å². The van der Waals surface area contributed by atoms with E-state index in [1.807, 2.05) is 6.07 Å². The van der Waals surface area contributed by atoms with Gasteiger partial charge in [0.2, 0.25) is 0 Å². The van der Waals surface area contributed by atoms with Crippen molar-refractivity contribution in [3.05, 3.63) is 74.2 Å². The number of carbonyl (C=O) groups is 2. The molecule has 1 aromatic heterocycles. The molecule has 10 nitrogen and oxygen atoms in total. The highest BCUT2D eigenvalue weighted by Crippen LogP contribution is 2.41. The topological polar surface area (TPSA) is 141 Å². The zero-order valence-electron chi connectivity index (χ0n) is 24.0. The molecule has 220 valence electrons. The predicted molar refractivity (Wildman–Crippen MR) is 162 cm³/mol. The number of nitro groups is 1. The summed E-state index contributed by atoms with van der Waals surface area (Å²) in [5.41, 5.74) is 1.42. The first-order valence-corrected chi connectivity index (χ1v) is 14.3. The summed E-state index contributed by atoms with van der Waals surface area (Å²) in [6.07, 6.45) is 5.71. The number of thiophene rings is 1. The number of rotatable bonds is 14. The molecule has 1 N–H and O–H groups in total. The van der Waals surface area contributed by atoms with Crippen molar-refractivity contribution in [1.82, 2.24) is 0 Å².